The van der Waals surface area contributed by atoms with Crippen LogP contribution in [0, 0.1) is 0 Å². The molecule has 1 N–H and O–H groups in total. The zero-order chi connectivity index (χ0) is 12.6. The van der Waals surface area contributed by atoms with Crippen molar-refractivity contribution in [2.24, 2.45) is 0 Å². The van der Waals surface area contributed by atoms with Gasteiger partial charge in [-0.25, -0.2) is 0 Å². The molecule has 1 aromatic rings. The Morgan fingerprint density at radius 2 is 2.17 bits per heavy atom. The Kier molecular flexibility index (Phi) is 6.05. The summed E-state index contributed by atoms with van der Waals surface area (Å²) in [5, 5.41) is 3.40. The van der Waals surface area contributed by atoms with Crippen LogP contribution < -0.4 is 5.32 Å². The van der Waals surface area contributed by atoms with Gasteiger partial charge in [0.05, 0.1) is 0 Å². The Labute approximate surface area is 115 Å². The van der Waals surface area contributed by atoms with E-state index in [2.05, 4.69) is 47.6 Å². The number of nitrogens with zero attached hydrogens (tertiary/aromatic N) is 1. The highest BCUT2D eigenvalue weighted by Gasteiger charge is 2.17. The molecule has 18 heavy (non-hydrogen) atoms. The third kappa shape index (κ3) is 4.63. The first-order chi connectivity index (χ1) is 8.88. The first kappa shape index (κ1) is 13.9. The van der Waals surface area contributed by atoms with Crippen molar-refractivity contribution in [2.45, 2.75) is 24.6 Å². The van der Waals surface area contributed by atoms with Gasteiger partial charge in [0.1, 0.15) is 0 Å². The highest BCUT2D eigenvalue weighted by atomic mass is 32.2. The summed E-state index contributed by atoms with van der Waals surface area (Å²) >= 11 is 2.05. The molecule has 3 heteroatoms. The van der Waals surface area contributed by atoms with Crippen molar-refractivity contribution in [3.63, 3.8) is 0 Å². The van der Waals surface area contributed by atoms with Gasteiger partial charge in [0.15, 0.2) is 0 Å². The molecule has 0 aromatic heterocycles. The molecule has 1 aliphatic rings. The molecule has 0 saturated carbocycles. The molecule has 0 spiro atoms. The van der Waals surface area contributed by atoms with Crippen LogP contribution in [0.4, 0.5) is 0 Å². The molecule has 0 bridgehead atoms. The summed E-state index contributed by atoms with van der Waals surface area (Å²) in [7, 11) is 2.08. The van der Waals surface area contributed by atoms with Gasteiger partial charge in [-0.05, 0) is 32.0 Å². The fraction of sp³-hybridized carbons (Fsp3) is 0.600. The van der Waals surface area contributed by atoms with Crippen molar-refractivity contribution in [2.75, 3.05) is 32.4 Å². The zero-order valence-corrected chi connectivity index (χ0v) is 12.1. The van der Waals surface area contributed by atoms with Crippen LogP contribution in [-0.2, 0) is 5.75 Å². The van der Waals surface area contributed by atoms with Crippen molar-refractivity contribution >= 4 is 11.8 Å². The summed E-state index contributed by atoms with van der Waals surface area (Å²) in [5.41, 5.74) is 1.44. The van der Waals surface area contributed by atoms with E-state index in [0.717, 1.165) is 5.75 Å². The van der Waals surface area contributed by atoms with E-state index < -0.39 is 0 Å². The van der Waals surface area contributed by atoms with Crippen LogP contribution in [0.2, 0.25) is 0 Å². The van der Waals surface area contributed by atoms with E-state index >= 15 is 0 Å². The van der Waals surface area contributed by atoms with E-state index in [-0.39, 0.29) is 0 Å². The van der Waals surface area contributed by atoms with Crippen LogP contribution in [0.1, 0.15) is 18.4 Å². The van der Waals surface area contributed by atoms with Gasteiger partial charge >= 0.3 is 0 Å². The quantitative estimate of drug-likeness (QED) is 0.795. The third-order valence-electron chi connectivity index (χ3n) is 3.58. The lowest BCUT2D eigenvalue weighted by molar-refractivity contribution is 0.206. The number of thioether (sulfide) groups is 1. The van der Waals surface area contributed by atoms with Gasteiger partial charge in [-0.3, -0.25) is 0 Å². The molecule has 1 heterocycles. The van der Waals surface area contributed by atoms with Gasteiger partial charge in [0.2, 0.25) is 0 Å². The number of nitrogens with one attached hydrogen (secondary N) is 1. The Morgan fingerprint density at radius 3 is 2.94 bits per heavy atom. The maximum absolute atomic E-state index is 3.40. The maximum atomic E-state index is 3.40. The number of likely N-dealkylation sites (tertiary alicyclic amines) is 1. The Hall–Kier alpha value is -0.510. The van der Waals surface area contributed by atoms with Crippen LogP contribution in [0.15, 0.2) is 30.3 Å². The average molecular weight is 264 g/mol. The molecule has 0 aliphatic carbocycles. The summed E-state index contributed by atoms with van der Waals surface area (Å²) in [4.78, 5) is 2.60. The standard InChI is InChI=1S/C15H24N2S/c1-16-15-8-5-9-17(12-15)10-11-18-13-14-6-3-2-4-7-14/h2-4,6-7,15-16H,5,8-13H2,1H3. The summed E-state index contributed by atoms with van der Waals surface area (Å²) in [6.07, 6.45) is 2.68. The van der Waals surface area contributed by atoms with Crippen molar-refractivity contribution in [3.05, 3.63) is 35.9 Å². The highest BCUT2D eigenvalue weighted by Crippen LogP contribution is 2.14. The van der Waals surface area contributed by atoms with Crippen molar-refractivity contribution in [3.8, 4) is 0 Å². The number of hydrogen-bond donors (Lipinski definition) is 1. The summed E-state index contributed by atoms with van der Waals surface area (Å²) in [6, 6.07) is 11.5. The van der Waals surface area contributed by atoms with Gasteiger partial charge < -0.3 is 10.2 Å². The van der Waals surface area contributed by atoms with Crippen molar-refractivity contribution in [1.82, 2.24) is 10.2 Å². The van der Waals surface area contributed by atoms with E-state index in [1.54, 1.807) is 0 Å². The fourth-order valence-corrected chi connectivity index (χ4v) is 3.41. The van der Waals surface area contributed by atoms with Gasteiger partial charge in [0.25, 0.3) is 0 Å². The molecule has 2 nitrogen and oxygen atoms in total. The second-order valence-corrected chi connectivity index (χ2v) is 6.07. The number of piperidine rings is 1. The Bertz CT molecular complexity index is 329. The fourth-order valence-electron chi connectivity index (χ4n) is 2.45. The van der Waals surface area contributed by atoms with E-state index in [1.165, 1.54) is 43.8 Å². The molecule has 1 unspecified atom stereocenters. The number of benzene rings is 1. The zero-order valence-electron chi connectivity index (χ0n) is 11.3. The molecule has 1 aromatic carbocycles. The van der Waals surface area contributed by atoms with E-state index in [9.17, 15) is 0 Å². The second-order valence-electron chi connectivity index (χ2n) is 4.97. The summed E-state index contributed by atoms with van der Waals surface area (Å²) in [6.45, 7) is 3.74. The lowest BCUT2D eigenvalue weighted by Crippen LogP contribution is -2.45. The molecular formula is C15H24N2S. The van der Waals surface area contributed by atoms with Gasteiger partial charge in [0, 0.05) is 30.6 Å². The highest BCUT2D eigenvalue weighted by molar-refractivity contribution is 7.98. The molecule has 0 radical (unpaired) electrons. The topological polar surface area (TPSA) is 15.3 Å². The second kappa shape index (κ2) is 7.82. The third-order valence-corrected chi connectivity index (χ3v) is 4.59. The van der Waals surface area contributed by atoms with Crippen LogP contribution in [0.5, 0.6) is 0 Å². The van der Waals surface area contributed by atoms with Crippen LogP contribution in [0.25, 0.3) is 0 Å². The Balaban J connectivity index is 1.60. The largest absolute Gasteiger partial charge is 0.316 e. The van der Waals surface area contributed by atoms with Crippen LogP contribution in [0.3, 0.4) is 0 Å². The monoisotopic (exact) mass is 264 g/mol. The van der Waals surface area contributed by atoms with Crippen molar-refractivity contribution < 1.29 is 0 Å². The lowest BCUT2D eigenvalue weighted by Gasteiger charge is -2.32. The first-order valence-electron chi connectivity index (χ1n) is 6.90. The smallest absolute Gasteiger partial charge is 0.0192 e. The average Bonchev–Trinajstić information content (AvgIpc) is 2.45. The minimum Gasteiger partial charge on any atom is -0.316 e. The number of rotatable bonds is 6. The van der Waals surface area contributed by atoms with Crippen LogP contribution >= 0.6 is 11.8 Å². The molecule has 0 amide bonds. The van der Waals surface area contributed by atoms with Gasteiger partial charge in [-0.1, -0.05) is 30.3 Å². The lowest BCUT2D eigenvalue weighted by atomic mass is 10.1. The van der Waals surface area contributed by atoms with Crippen molar-refractivity contribution in [1.29, 1.82) is 0 Å². The molecular weight excluding hydrogens is 240 g/mol. The van der Waals surface area contributed by atoms with E-state index in [0.29, 0.717) is 6.04 Å². The predicted molar refractivity (Wildman–Crippen MR) is 81.1 cm³/mol. The molecule has 1 atom stereocenters. The SMILES string of the molecule is CNC1CCCN(CCSCc2ccccc2)C1. The van der Waals surface area contributed by atoms with Gasteiger partial charge in [-0.2, -0.15) is 11.8 Å². The van der Waals surface area contributed by atoms with E-state index in [1.807, 2.05) is 11.8 Å². The molecule has 1 aliphatic heterocycles. The summed E-state index contributed by atoms with van der Waals surface area (Å²) in [5.74, 6) is 2.38. The predicted octanol–water partition coefficient (Wildman–Crippen LogP) is 2.60. The number of likely N-dealkylation sites (N-methyl/N-ethyl adjacent to an activating group) is 1. The normalized spacial score (nSPS) is 21.1. The molecule has 1 fully saturated rings. The van der Waals surface area contributed by atoms with Crippen LogP contribution in [-0.4, -0.2) is 43.4 Å². The number of hydrogen-bond acceptors (Lipinski definition) is 3. The molecule has 1 saturated heterocycles. The maximum Gasteiger partial charge on any atom is 0.0192 e. The Morgan fingerprint density at radius 1 is 1.33 bits per heavy atom. The van der Waals surface area contributed by atoms with Gasteiger partial charge in [-0.15, -0.1) is 0 Å². The molecule has 2 rings (SSSR count). The summed E-state index contributed by atoms with van der Waals surface area (Å²) < 4.78 is 0. The molecule has 100 valence electrons. The minimum atomic E-state index is 0.706. The minimum absolute atomic E-state index is 0.706. The first-order valence-corrected chi connectivity index (χ1v) is 8.05. The van der Waals surface area contributed by atoms with E-state index in [4.69, 9.17) is 0 Å².